The summed E-state index contributed by atoms with van der Waals surface area (Å²) in [6.45, 7) is 7.35. The lowest BCUT2D eigenvalue weighted by Gasteiger charge is -2.22. The maximum Gasteiger partial charge on any atom is 0.194 e. The van der Waals surface area contributed by atoms with Crippen LogP contribution in [0.5, 0.6) is 5.75 Å². The fourth-order valence-electron chi connectivity index (χ4n) is 3.55. The Balaban J connectivity index is 1.54. The number of ether oxygens (including phenoxy) is 1. The molecule has 0 bridgehead atoms. The molecule has 1 aliphatic rings. The number of aryl methyl sites for hydroxylation is 1. The van der Waals surface area contributed by atoms with E-state index in [4.69, 9.17) is 9.73 Å². The minimum absolute atomic E-state index is 0.135. The van der Waals surface area contributed by atoms with Crippen molar-refractivity contribution in [3.05, 3.63) is 48.0 Å². The Bertz CT molecular complexity index is 791. The largest absolute Gasteiger partial charge is 0.489 e. The van der Waals surface area contributed by atoms with Gasteiger partial charge in [-0.3, -0.25) is 4.68 Å². The zero-order valence-corrected chi connectivity index (χ0v) is 16.9. The van der Waals surface area contributed by atoms with Gasteiger partial charge in [0, 0.05) is 38.9 Å². The van der Waals surface area contributed by atoms with E-state index >= 15 is 0 Å². The highest BCUT2D eigenvalue weighted by Gasteiger charge is 2.25. The molecule has 152 valence electrons. The van der Waals surface area contributed by atoms with Crippen molar-refractivity contribution in [3.63, 3.8) is 0 Å². The number of hydrogen-bond acceptors (Lipinski definition) is 3. The summed E-state index contributed by atoms with van der Waals surface area (Å²) in [5, 5.41) is 7.65. The van der Waals surface area contributed by atoms with Crippen LogP contribution >= 0.6 is 0 Å². The Labute approximate surface area is 166 Å². The molecule has 3 rings (SSSR count). The Morgan fingerprint density at radius 2 is 2.32 bits per heavy atom. The third-order valence-electron chi connectivity index (χ3n) is 4.83. The molecule has 1 fully saturated rings. The predicted molar refractivity (Wildman–Crippen MR) is 109 cm³/mol. The van der Waals surface area contributed by atoms with Crippen LogP contribution in [-0.4, -0.2) is 52.9 Å². The van der Waals surface area contributed by atoms with Crippen molar-refractivity contribution in [2.24, 2.45) is 18.0 Å². The minimum atomic E-state index is -0.293. The van der Waals surface area contributed by atoms with Crippen LogP contribution in [0.15, 0.2) is 41.7 Å². The first kappa shape index (κ1) is 20.2. The maximum atomic E-state index is 13.3. The number of aromatic nitrogens is 2. The summed E-state index contributed by atoms with van der Waals surface area (Å²) in [5.41, 5.74) is 1.29. The molecule has 1 N–H and O–H groups in total. The van der Waals surface area contributed by atoms with Gasteiger partial charge in [-0.1, -0.05) is 6.07 Å². The fourth-order valence-corrected chi connectivity index (χ4v) is 3.55. The Morgan fingerprint density at radius 3 is 3.04 bits per heavy atom. The molecule has 0 amide bonds. The molecule has 0 saturated carbocycles. The van der Waals surface area contributed by atoms with E-state index in [0.29, 0.717) is 18.2 Å². The van der Waals surface area contributed by atoms with Crippen molar-refractivity contribution in [1.29, 1.82) is 0 Å². The molecule has 7 heteroatoms. The lowest BCUT2D eigenvalue weighted by atomic mass is 10.0. The zero-order valence-electron chi connectivity index (χ0n) is 16.9. The molecule has 1 aromatic heterocycles. The SMILES string of the molecule is CCNC(=NCC(C)Oc1cccc(F)c1)N1CCC(Cc2cnn(C)c2)C1. The van der Waals surface area contributed by atoms with Gasteiger partial charge < -0.3 is 15.0 Å². The summed E-state index contributed by atoms with van der Waals surface area (Å²) in [6, 6.07) is 6.22. The second kappa shape index (κ2) is 9.57. The summed E-state index contributed by atoms with van der Waals surface area (Å²) in [7, 11) is 1.95. The summed E-state index contributed by atoms with van der Waals surface area (Å²) in [5.74, 6) is 1.77. The van der Waals surface area contributed by atoms with Gasteiger partial charge in [-0.15, -0.1) is 0 Å². The number of likely N-dealkylation sites (tertiary alicyclic amines) is 1. The molecule has 2 aromatic rings. The molecular formula is C21H30FN5O. The lowest BCUT2D eigenvalue weighted by Crippen LogP contribution is -2.40. The van der Waals surface area contributed by atoms with Crippen molar-refractivity contribution in [2.75, 3.05) is 26.2 Å². The number of hydrogen-bond donors (Lipinski definition) is 1. The zero-order chi connectivity index (χ0) is 19.9. The van der Waals surface area contributed by atoms with E-state index in [-0.39, 0.29) is 11.9 Å². The Morgan fingerprint density at radius 1 is 1.46 bits per heavy atom. The first-order valence-corrected chi connectivity index (χ1v) is 9.96. The summed E-state index contributed by atoms with van der Waals surface area (Å²) >= 11 is 0. The van der Waals surface area contributed by atoms with Gasteiger partial charge in [0.25, 0.3) is 0 Å². The Kier molecular flexibility index (Phi) is 6.90. The summed E-state index contributed by atoms with van der Waals surface area (Å²) < 4.78 is 20.9. The van der Waals surface area contributed by atoms with Gasteiger partial charge in [0.05, 0.1) is 12.7 Å². The molecule has 2 unspecified atom stereocenters. The van der Waals surface area contributed by atoms with Gasteiger partial charge in [0.2, 0.25) is 0 Å². The molecule has 1 aliphatic heterocycles. The topological polar surface area (TPSA) is 54.7 Å². The van der Waals surface area contributed by atoms with E-state index in [1.54, 1.807) is 12.1 Å². The molecule has 28 heavy (non-hydrogen) atoms. The number of halogens is 1. The second-order valence-electron chi connectivity index (χ2n) is 7.41. The van der Waals surface area contributed by atoms with Crippen molar-refractivity contribution in [1.82, 2.24) is 20.0 Å². The number of nitrogens with zero attached hydrogens (tertiary/aromatic N) is 4. The van der Waals surface area contributed by atoms with E-state index in [1.807, 2.05) is 24.9 Å². The Hall–Kier alpha value is -2.57. The molecular weight excluding hydrogens is 357 g/mol. The van der Waals surface area contributed by atoms with Crippen LogP contribution in [0.2, 0.25) is 0 Å². The predicted octanol–water partition coefficient (Wildman–Crippen LogP) is 2.86. The number of benzene rings is 1. The number of nitrogens with one attached hydrogen (secondary N) is 1. The molecule has 6 nitrogen and oxygen atoms in total. The van der Waals surface area contributed by atoms with E-state index in [2.05, 4.69) is 28.4 Å². The molecule has 0 spiro atoms. The van der Waals surface area contributed by atoms with Crippen LogP contribution in [-0.2, 0) is 13.5 Å². The van der Waals surface area contributed by atoms with Gasteiger partial charge in [0.15, 0.2) is 5.96 Å². The van der Waals surface area contributed by atoms with Gasteiger partial charge in [-0.2, -0.15) is 5.10 Å². The van der Waals surface area contributed by atoms with Crippen LogP contribution in [0.25, 0.3) is 0 Å². The quantitative estimate of drug-likeness (QED) is 0.586. The van der Waals surface area contributed by atoms with Crippen LogP contribution in [0.3, 0.4) is 0 Å². The average molecular weight is 388 g/mol. The molecule has 2 heterocycles. The lowest BCUT2D eigenvalue weighted by molar-refractivity contribution is 0.228. The first-order valence-electron chi connectivity index (χ1n) is 9.96. The maximum absolute atomic E-state index is 13.3. The highest BCUT2D eigenvalue weighted by molar-refractivity contribution is 5.80. The smallest absolute Gasteiger partial charge is 0.194 e. The number of rotatable bonds is 7. The van der Waals surface area contributed by atoms with E-state index < -0.39 is 0 Å². The van der Waals surface area contributed by atoms with Gasteiger partial charge in [-0.05, 0) is 50.3 Å². The minimum Gasteiger partial charge on any atom is -0.489 e. The van der Waals surface area contributed by atoms with Gasteiger partial charge in [0.1, 0.15) is 17.7 Å². The first-order chi connectivity index (χ1) is 13.5. The van der Waals surface area contributed by atoms with Gasteiger partial charge >= 0.3 is 0 Å². The second-order valence-corrected chi connectivity index (χ2v) is 7.41. The average Bonchev–Trinajstić information content (AvgIpc) is 3.28. The van der Waals surface area contributed by atoms with Crippen molar-refractivity contribution in [2.45, 2.75) is 32.8 Å². The molecule has 0 aliphatic carbocycles. The molecule has 2 atom stereocenters. The monoisotopic (exact) mass is 387 g/mol. The standard InChI is InChI=1S/C21H30FN5O/c1-4-23-21(24-12-16(2)28-20-7-5-6-19(22)11-20)27-9-8-17(15-27)10-18-13-25-26(3)14-18/h5-7,11,13-14,16-17H,4,8-10,12,15H2,1-3H3,(H,23,24). The van der Waals surface area contributed by atoms with Crippen molar-refractivity contribution < 1.29 is 9.13 Å². The number of guanidine groups is 1. The van der Waals surface area contributed by atoms with Crippen LogP contribution < -0.4 is 10.1 Å². The normalized spacial score (nSPS) is 18.4. The van der Waals surface area contributed by atoms with Crippen LogP contribution in [0, 0.1) is 11.7 Å². The van der Waals surface area contributed by atoms with E-state index in [9.17, 15) is 4.39 Å². The molecule has 1 saturated heterocycles. The van der Waals surface area contributed by atoms with Crippen LogP contribution in [0.4, 0.5) is 4.39 Å². The van der Waals surface area contributed by atoms with Crippen molar-refractivity contribution in [3.8, 4) is 5.75 Å². The van der Waals surface area contributed by atoms with Gasteiger partial charge in [-0.25, -0.2) is 9.38 Å². The van der Waals surface area contributed by atoms with E-state index in [0.717, 1.165) is 38.4 Å². The van der Waals surface area contributed by atoms with Crippen molar-refractivity contribution >= 4 is 5.96 Å². The third-order valence-corrected chi connectivity index (χ3v) is 4.83. The summed E-state index contributed by atoms with van der Waals surface area (Å²) in [6.07, 6.45) is 6.10. The molecule has 1 aromatic carbocycles. The molecule has 0 radical (unpaired) electrons. The van der Waals surface area contributed by atoms with E-state index in [1.165, 1.54) is 17.7 Å². The highest BCUT2D eigenvalue weighted by Crippen LogP contribution is 2.21. The third kappa shape index (κ3) is 5.71. The fraction of sp³-hybridized carbons (Fsp3) is 0.524. The number of aliphatic imine (C=N–C) groups is 1. The highest BCUT2D eigenvalue weighted by atomic mass is 19.1. The van der Waals surface area contributed by atoms with Crippen LogP contribution in [0.1, 0.15) is 25.8 Å². The summed E-state index contributed by atoms with van der Waals surface area (Å²) in [4.78, 5) is 7.07.